The number of rotatable bonds is 3. The van der Waals surface area contributed by atoms with Crippen molar-refractivity contribution in [1.29, 1.82) is 0 Å². The molecule has 22 heavy (non-hydrogen) atoms. The maximum atomic E-state index is 11.4. The normalized spacial score (nSPS) is 10.7. The lowest BCUT2D eigenvalue weighted by atomic mass is 9.95. The van der Waals surface area contributed by atoms with E-state index >= 15 is 0 Å². The zero-order valence-electron chi connectivity index (χ0n) is 10.9. The Kier molecular flexibility index (Phi) is 2.99. The van der Waals surface area contributed by atoms with Gasteiger partial charge < -0.3 is 15.3 Å². The highest BCUT2D eigenvalue weighted by atomic mass is 16.4. The number of fused-ring (bicyclic) bond motifs is 1. The Morgan fingerprint density at radius 2 is 1.73 bits per heavy atom. The quantitative estimate of drug-likeness (QED) is 0.578. The number of nitrogens with one attached hydrogen (secondary N) is 1. The van der Waals surface area contributed by atoms with E-state index in [1.54, 1.807) is 18.2 Å². The first-order chi connectivity index (χ1) is 10.5. The largest absolute Gasteiger partial charge is 0.507 e. The van der Waals surface area contributed by atoms with Gasteiger partial charge in [-0.05, 0) is 18.2 Å². The van der Waals surface area contributed by atoms with Gasteiger partial charge in [-0.3, -0.25) is 5.10 Å². The molecule has 3 rings (SSSR count). The predicted molar refractivity (Wildman–Crippen MR) is 74.9 cm³/mol. The minimum atomic E-state index is -1.41. The molecule has 0 amide bonds. The summed E-state index contributed by atoms with van der Waals surface area (Å²) < 4.78 is 0. The molecule has 2 aromatic carbocycles. The SMILES string of the molecule is O=C(O)c1cc(C(=O)O)c(-c2cccc3[nH]nnc23)cc1O. The molecule has 0 aliphatic heterocycles. The molecule has 0 bridgehead atoms. The molecular formula is C14H9N3O5. The van der Waals surface area contributed by atoms with Crippen molar-refractivity contribution in [1.82, 2.24) is 15.4 Å². The van der Waals surface area contributed by atoms with Gasteiger partial charge >= 0.3 is 11.9 Å². The third kappa shape index (κ3) is 2.03. The summed E-state index contributed by atoms with van der Waals surface area (Å²) in [5.41, 5.74) is 0.882. The number of carboxylic acid groups (broad SMARTS) is 2. The predicted octanol–water partition coefficient (Wildman–Crippen LogP) is 1.73. The van der Waals surface area contributed by atoms with Crippen molar-refractivity contribution in [3.8, 4) is 16.9 Å². The number of aromatic amines is 1. The lowest BCUT2D eigenvalue weighted by molar-refractivity contribution is 0.0693. The summed E-state index contributed by atoms with van der Waals surface area (Å²) in [6.45, 7) is 0. The van der Waals surface area contributed by atoms with Gasteiger partial charge in [0.25, 0.3) is 0 Å². The van der Waals surface area contributed by atoms with Crippen molar-refractivity contribution in [2.45, 2.75) is 0 Å². The minimum absolute atomic E-state index is 0.162. The number of carboxylic acids is 2. The number of benzene rings is 2. The molecular weight excluding hydrogens is 290 g/mol. The summed E-state index contributed by atoms with van der Waals surface area (Å²) in [7, 11) is 0. The summed E-state index contributed by atoms with van der Waals surface area (Å²) in [6, 6.07) is 7.03. The zero-order chi connectivity index (χ0) is 15.9. The Balaban J connectivity index is 2.35. The fraction of sp³-hybridized carbons (Fsp3) is 0. The number of aromatic hydroxyl groups is 1. The van der Waals surface area contributed by atoms with Crippen LogP contribution in [0.25, 0.3) is 22.2 Å². The molecule has 1 heterocycles. The second-order valence-electron chi connectivity index (χ2n) is 4.54. The van der Waals surface area contributed by atoms with E-state index < -0.39 is 23.3 Å². The van der Waals surface area contributed by atoms with Crippen LogP contribution in [0, 0.1) is 0 Å². The first kappa shape index (κ1) is 13.6. The summed E-state index contributed by atoms with van der Waals surface area (Å²) in [5.74, 6) is -3.24. The van der Waals surface area contributed by atoms with Crippen LogP contribution < -0.4 is 0 Å². The third-order valence-electron chi connectivity index (χ3n) is 3.24. The van der Waals surface area contributed by atoms with E-state index in [9.17, 15) is 19.8 Å². The molecule has 0 aliphatic carbocycles. The number of hydrogen-bond donors (Lipinski definition) is 4. The molecule has 3 aromatic rings. The highest BCUT2D eigenvalue weighted by Gasteiger charge is 2.21. The van der Waals surface area contributed by atoms with Crippen LogP contribution in [-0.2, 0) is 0 Å². The highest BCUT2D eigenvalue weighted by Crippen LogP contribution is 2.33. The maximum absolute atomic E-state index is 11.4. The molecule has 110 valence electrons. The summed E-state index contributed by atoms with van der Waals surface area (Å²) in [4.78, 5) is 22.5. The standard InChI is InChI=1S/C14H9N3O5/c18-11-5-7(8(13(19)20)4-9(11)14(21)22)6-2-1-3-10-12(6)16-17-15-10/h1-5,18H,(H,19,20)(H,21,22)(H,15,16,17). The van der Waals surface area contributed by atoms with Crippen LogP contribution in [0.4, 0.5) is 0 Å². The van der Waals surface area contributed by atoms with Gasteiger partial charge in [0, 0.05) is 11.1 Å². The zero-order valence-corrected chi connectivity index (χ0v) is 10.9. The number of carbonyl (C=O) groups is 2. The lowest BCUT2D eigenvalue weighted by Gasteiger charge is -2.10. The molecule has 8 heteroatoms. The Morgan fingerprint density at radius 3 is 2.41 bits per heavy atom. The molecule has 0 fully saturated rings. The number of aromatic nitrogens is 3. The molecule has 0 spiro atoms. The van der Waals surface area contributed by atoms with Gasteiger partial charge in [0.2, 0.25) is 0 Å². The van der Waals surface area contributed by atoms with Gasteiger partial charge in [-0.15, -0.1) is 5.10 Å². The van der Waals surface area contributed by atoms with E-state index in [1.807, 2.05) is 0 Å². The van der Waals surface area contributed by atoms with Gasteiger partial charge in [0.05, 0.1) is 11.1 Å². The molecule has 1 aromatic heterocycles. The minimum Gasteiger partial charge on any atom is -0.507 e. The number of aromatic carboxylic acids is 2. The fourth-order valence-electron chi connectivity index (χ4n) is 2.25. The van der Waals surface area contributed by atoms with Gasteiger partial charge in [-0.1, -0.05) is 17.3 Å². The molecule has 0 aliphatic rings. The van der Waals surface area contributed by atoms with Gasteiger partial charge in [-0.2, -0.15) is 0 Å². The molecule has 0 saturated heterocycles. The van der Waals surface area contributed by atoms with Crippen LogP contribution in [0.5, 0.6) is 5.75 Å². The topological polar surface area (TPSA) is 136 Å². The van der Waals surface area contributed by atoms with Gasteiger partial charge in [-0.25, -0.2) is 9.59 Å². The Morgan fingerprint density at radius 1 is 1.00 bits per heavy atom. The number of hydrogen-bond acceptors (Lipinski definition) is 5. The molecule has 0 unspecified atom stereocenters. The van der Waals surface area contributed by atoms with Crippen molar-refractivity contribution < 1.29 is 24.9 Å². The van der Waals surface area contributed by atoms with Crippen LogP contribution in [0.3, 0.4) is 0 Å². The molecule has 8 nitrogen and oxygen atoms in total. The maximum Gasteiger partial charge on any atom is 0.339 e. The van der Waals surface area contributed by atoms with Crippen LogP contribution in [0.2, 0.25) is 0 Å². The summed E-state index contributed by atoms with van der Waals surface area (Å²) >= 11 is 0. The van der Waals surface area contributed by atoms with E-state index in [0.717, 1.165) is 12.1 Å². The average Bonchev–Trinajstić information content (AvgIpc) is 2.94. The highest BCUT2D eigenvalue weighted by molar-refractivity contribution is 6.04. The van der Waals surface area contributed by atoms with Crippen molar-refractivity contribution in [3.05, 3.63) is 41.5 Å². The number of nitrogens with zero attached hydrogens (tertiary/aromatic N) is 2. The van der Waals surface area contributed by atoms with Gasteiger partial charge in [0.1, 0.15) is 16.8 Å². The van der Waals surface area contributed by atoms with Gasteiger partial charge in [0.15, 0.2) is 0 Å². The monoisotopic (exact) mass is 299 g/mol. The van der Waals surface area contributed by atoms with E-state index in [0.29, 0.717) is 16.6 Å². The number of H-pyrrole nitrogens is 1. The van der Waals surface area contributed by atoms with Crippen molar-refractivity contribution in [2.75, 3.05) is 0 Å². The van der Waals surface area contributed by atoms with Crippen molar-refractivity contribution >= 4 is 23.0 Å². The Hall–Kier alpha value is -3.42. The summed E-state index contributed by atoms with van der Waals surface area (Å²) in [6.07, 6.45) is 0. The first-order valence-electron chi connectivity index (χ1n) is 6.12. The van der Waals surface area contributed by atoms with Crippen LogP contribution in [0.15, 0.2) is 30.3 Å². The number of phenols is 1. The average molecular weight is 299 g/mol. The van der Waals surface area contributed by atoms with Crippen LogP contribution in [0.1, 0.15) is 20.7 Å². The third-order valence-corrected chi connectivity index (χ3v) is 3.24. The van der Waals surface area contributed by atoms with Crippen LogP contribution >= 0.6 is 0 Å². The Labute approximate surface area is 122 Å². The van der Waals surface area contributed by atoms with E-state index in [-0.39, 0.29) is 11.1 Å². The van der Waals surface area contributed by atoms with Crippen molar-refractivity contribution in [2.24, 2.45) is 0 Å². The lowest BCUT2D eigenvalue weighted by Crippen LogP contribution is -2.05. The van der Waals surface area contributed by atoms with E-state index in [4.69, 9.17) is 5.11 Å². The van der Waals surface area contributed by atoms with Crippen LogP contribution in [-0.4, -0.2) is 42.7 Å². The first-order valence-corrected chi connectivity index (χ1v) is 6.12. The smallest absolute Gasteiger partial charge is 0.339 e. The second-order valence-corrected chi connectivity index (χ2v) is 4.54. The second kappa shape index (κ2) is 4.85. The van der Waals surface area contributed by atoms with E-state index in [2.05, 4.69) is 15.4 Å². The fourth-order valence-corrected chi connectivity index (χ4v) is 2.25. The van der Waals surface area contributed by atoms with Crippen molar-refractivity contribution in [3.63, 3.8) is 0 Å². The summed E-state index contributed by atoms with van der Waals surface area (Å²) in [5, 5.41) is 38.3. The molecule has 0 atom stereocenters. The van der Waals surface area contributed by atoms with E-state index in [1.165, 1.54) is 0 Å². The Bertz CT molecular complexity index is 916. The molecule has 0 saturated carbocycles. The molecule has 0 radical (unpaired) electrons. The molecule has 4 N–H and O–H groups in total.